The molecule has 1 amide bonds. The minimum absolute atomic E-state index is 0.0553. The molecule has 0 aromatic carbocycles. The highest BCUT2D eigenvalue weighted by Gasteiger charge is 2.37. The van der Waals surface area contributed by atoms with E-state index >= 15 is 0 Å². The Labute approximate surface area is 104 Å². The highest BCUT2D eigenvalue weighted by atomic mass is 32.2. The molecule has 0 bridgehead atoms. The number of nitrogens with zero attached hydrogens (tertiary/aromatic N) is 1. The Bertz CT molecular complexity index is 355. The molecule has 1 unspecified atom stereocenters. The number of amides is 1. The summed E-state index contributed by atoms with van der Waals surface area (Å²) in [7, 11) is 0. The number of likely N-dealkylation sites (tertiary alicyclic amines) is 1. The standard InChI is InChI=1S/C11H15NO4S/c1-3-4-9(11(15)16)12-6-8(5-10(12)14)17-7(2)13/h3,8-9H,1,4-6H2,2H3,(H,15,16)/t8?,9-/m0/s1. The largest absolute Gasteiger partial charge is 0.480 e. The first-order valence-electron chi connectivity index (χ1n) is 5.26. The van der Waals surface area contributed by atoms with Crippen LogP contribution >= 0.6 is 11.8 Å². The maximum atomic E-state index is 11.7. The minimum Gasteiger partial charge on any atom is -0.480 e. The number of hydrogen-bond acceptors (Lipinski definition) is 4. The van der Waals surface area contributed by atoms with Gasteiger partial charge < -0.3 is 10.0 Å². The molecule has 1 aliphatic rings. The molecule has 0 spiro atoms. The molecule has 1 saturated heterocycles. The number of carboxylic acid groups (broad SMARTS) is 1. The fourth-order valence-corrected chi connectivity index (χ4v) is 2.76. The number of carbonyl (C=O) groups is 3. The second kappa shape index (κ2) is 5.86. The summed E-state index contributed by atoms with van der Waals surface area (Å²) in [6.45, 7) is 5.24. The Morgan fingerprint density at radius 3 is 2.82 bits per heavy atom. The lowest BCUT2D eigenvalue weighted by atomic mass is 10.2. The molecule has 1 aliphatic heterocycles. The molecule has 0 aliphatic carbocycles. The average Bonchev–Trinajstić information content (AvgIpc) is 2.54. The number of thioether (sulfide) groups is 1. The molecule has 0 saturated carbocycles. The summed E-state index contributed by atoms with van der Waals surface area (Å²) in [5.74, 6) is -1.25. The van der Waals surface area contributed by atoms with Crippen LogP contribution in [-0.2, 0) is 14.4 Å². The van der Waals surface area contributed by atoms with Gasteiger partial charge in [-0.1, -0.05) is 17.8 Å². The lowest BCUT2D eigenvalue weighted by molar-refractivity contribution is -0.148. The van der Waals surface area contributed by atoms with Crippen LogP contribution in [-0.4, -0.2) is 44.8 Å². The Morgan fingerprint density at radius 2 is 2.35 bits per heavy atom. The van der Waals surface area contributed by atoms with Crippen molar-refractivity contribution in [3.8, 4) is 0 Å². The van der Waals surface area contributed by atoms with Gasteiger partial charge in [0.1, 0.15) is 6.04 Å². The van der Waals surface area contributed by atoms with Crippen molar-refractivity contribution in [3.05, 3.63) is 12.7 Å². The maximum Gasteiger partial charge on any atom is 0.326 e. The number of aliphatic carboxylic acids is 1. The molecule has 1 heterocycles. The van der Waals surface area contributed by atoms with Crippen LogP contribution in [0.3, 0.4) is 0 Å². The zero-order chi connectivity index (χ0) is 13.0. The van der Waals surface area contributed by atoms with Crippen molar-refractivity contribution in [1.82, 2.24) is 4.90 Å². The summed E-state index contributed by atoms with van der Waals surface area (Å²) in [4.78, 5) is 35.0. The molecule has 2 atom stereocenters. The van der Waals surface area contributed by atoms with Gasteiger partial charge in [-0.25, -0.2) is 4.79 Å². The van der Waals surface area contributed by atoms with Crippen molar-refractivity contribution in [1.29, 1.82) is 0 Å². The number of carbonyl (C=O) groups excluding carboxylic acids is 2. The molecule has 1 rings (SSSR count). The molecule has 0 aromatic heterocycles. The van der Waals surface area contributed by atoms with Gasteiger partial charge in [0.25, 0.3) is 0 Å². The van der Waals surface area contributed by atoms with Crippen LogP contribution in [0.25, 0.3) is 0 Å². The van der Waals surface area contributed by atoms with E-state index in [1.807, 2.05) is 0 Å². The van der Waals surface area contributed by atoms with Gasteiger partial charge in [-0.3, -0.25) is 9.59 Å². The summed E-state index contributed by atoms with van der Waals surface area (Å²) >= 11 is 1.10. The summed E-state index contributed by atoms with van der Waals surface area (Å²) in [6, 6.07) is -0.863. The molecule has 5 nitrogen and oxygen atoms in total. The van der Waals surface area contributed by atoms with Crippen molar-refractivity contribution in [2.45, 2.75) is 31.1 Å². The SMILES string of the molecule is C=CC[C@@H](C(=O)O)N1CC(SC(C)=O)CC1=O. The molecule has 6 heteroatoms. The lowest BCUT2D eigenvalue weighted by Crippen LogP contribution is -2.42. The minimum atomic E-state index is -1.04. The molecule has 1 fully saturated rings. The van der Waals surface area contributed by atoms with Crippen LogP contribution in [0.15, 0.2) is 12.7 Å². The fourth-order valence-electron chi connectivity index (χ4n) is 1.83. The first-order valence-corrected chi connectivity index (χ1v) is 6.14. The summed E-state index contributed by atoms with van der Waals surface area (Å²) in [5, 5.41) is 8.85. The third-order valence-corrected chi connectivity index (χ3v) is 3.49. The zero-order valence-corrected chi connectivity index (χ0v) is 10.4. The third kappa shape index (κ3) is 3.59. The van der Waals surface area contributed by atoms with Crippen LogP contribution in [0.4, 0.5) is 0 Å². The van der Waals surface area contributed by atoms with Crippen LogP contribution in [0.1, 0.15) is 19.8 Å². The van der Waals surface area contributed by atoms with E-state index in [0.29, 0.717) is 6.54 Å². The van der Waals surface area contributed by atoms with E-state index in [4.69, 9.17) is 5.11 Å². The van der Waals surface area contributed by atoms with Crippen molar-refractivity contribution in [2.24, 2.45) is 0 Å². The summed E-state index contributed by atoms with van der Waals surface area (Å²) in [5.41, 5.74) is 0. The smallest absolute Gasteiger partial charge is 0.326 e. The first kappa shape index (κ1) is 13.8. The van der Waals surface area contributed by atoms with E-state index in [1.54, 1.807) is 0 Å². The van der Waals surface area contributed by atoms with E-state index in [1.165, 1.54) is 17.9 Å². The molecule has 0 radical (unpaired) electrons. The highest BCUT2D eigenvalue weighted by Crippen LogP contribution is 2.26. The number of carboxylic acids is 1. The van der Waals surface area contributed by atoms with E-state index in [2.05, 4.69) is 6.58 Å². The molecule has 17 heavy (non-hydrogen) atoms. The monoisotopic (exact) mass is 257 g/mol. The van der Waals surface area contributed by atoms with Gasteiger partial charge in [0, 0.05) is 25.1 Å². The van der Waals surface area contributed by atoms with E-state index in [9.17, 15) is 14.4 Å². The Balaban J connectivity index is 2.70. The van der Waals surface area contributed by atoms with Crippen LogP contribution in [0.5, 0.6) is 0 Å². The van der Waals surface area contributed by atoms with E-state index < -0.39 is 12.0 Å². The van der Waals surface area contributed by atoms with Gasteiger partial charge in [-0.2, -0.15) is 0 Å². The Morgan fingerprint density at radius 1 is 1.71 bits per heavy atom. The fraction of sp³-hybridized carbons (Fsp3) is 0.545. The topological polar surface area (TPSA) is 74.7 Å². The Kier molecular flexibility index (Phi) is 4.74. The Hall–Kier alpha value is -1.30. The van der Waals surface area contributed by atoms with Gasteiger partial charge >= 0.3 is 5.97 Å². The molecule has 0 aromatic rings. The second-order valence-electron chi connectivity index (χ2n) is 3.86. The summed E-state index contributed by atoms with van der Waals surface area (Å²) in [6.07, 6.45) is 1.93. The van der Waals surface area contributed by atoms with Crippen molar-refractivity contribution >= 4 is 28.8 Å². The van der Waals surface area contributed by atoms with Crippen LogP contribution in [0, 0.1) is 0 Å². The van der Waals surface area contributed by atoms with Gasteiger partial charge in [0.2, 0.25) is 5.91 Å². The van der Waals surface area contributed by atoms with E-state index in [0.717, 1.165) is 11.8 Å². The lowest BCUT2D eigenvalue weighted by Gasteiger charge is -2.23. The van der Waals surface area contributed by atoms with Crippen molar-refractivity contribution < 1.29 is 19.5 Å². The molecular formula is C11H15NO4S. The van der Waals surface area contributed by atoms with Gasteiger partial charge in [0.05, 0.1) is 0 Å². The number of hydrogen-bond donors (Lipinski definition) is 1. The third-order valence-electron chi connectivity index (χ3n) is 2.51. The van der Waals surface area contributed by atoms with Gasteiger partial charge in [-0.15, -0.1) is 6.58 Å². The van der Waals surface area contributed by atoms with Gasteiger partial charge in [0.15, 0.2) is 5.12 Å². The summed E-state index contributed by atoms with van der Waals surface area (Å²) < 4.78 is 0. The number of rotatable bonds is 5. The predicted molar refractivity (Wildman–Crippen MR) is 64.6 cm³/mol. The second-order valence-corrected chi connectivity index (χ2v) is 5.34. The van der Waals surface area contributed by atoms with Crippen molar-refractivity contribution in [2.75, 3.05) is 6.54 Å². The van der Waals surface area contributed by atoms with Gasteiger partial charge in [-0.05, 0) is 6.42 Å². The van der Waals surface area contributed by atoms with E-state index in [-0.39, 0.29) is 29.1 Å². The molecule has 94 valence electrons. The zero-order valence-electron chi connectivity index (χ0n) is 9.59. The highest BCUT2D eigenvalue weighted by molar-refractivity contribution is 8.14. The average molecular weight is 257 g/mol. The maximum absolute atomic E-state index is 11.7. The predicted octanol–water partition coefficient (Wildman–Crippen LogP) is 0.896. The quantitative estimate of drug-likeness (QED) is 0.740. The van der Waals surface area contributed by atoms with Crippen LogP contribution in [0.2, 0.25) is 0 Å². The van der Waals surface area contributed by atoms with Crippen molar-refractivity contribution in [3.63, 3.8) is 0 Å². The molecule has 1 N–H and O–H groups in total. The van der Waals surface area contributed by atoms with Crippen LogP contribution < -0.4 is 0 Å². The normalized spacial score (nSPS) is 21.4. The first-order chi connectivity index (χ1) is 7.95. The molecular weight excluding hydrogens is 242 g/mol.